The summed E-state index contributed by atoms with van der Waals surface area (Å²) in [7, 11) is -1.52. The van der Waals surface area contributed by atoms with Gasteiger partial charge in [-0.25, -0.2) is 13.8 Å². The smallest absolute Gasteiger partial charge is 0.260 e. The third-order valence-corrected chi connectivity index (χ3v) is 5.05. The van der Waals surface area contributed by atoms with E-state index in [2.05, 4.69) is 15.4 Å². The number of amides is 1. The third-order valence-electron chi connectivity index (χ3n) is 3.91. The Morgan fingerprint density at radius 2 is 1.83 bits per heavy atom. The summed E-state index contributed by atoms with van der Waals surface area (Å²) in [4.78, 5) is 14.3. The fourth-order valence-electron chi connectivity index (χ4n) is 2.41. The van der Waals surface area contributed by atoms with Gasteiger partial charge in [0.2, 0.25) is 10.0 Å². The van der Waals surface area contributed by atoms with Crippen molar-refractivity contribution in [2.45, 2.75) is 19.8 Å². The number of likely N-dealkylation sites (tertiary alicyclic amines) is 1. The maximum atomic E-state index is 12.1. The van der Waals surface area contributed by atoms with Gasteiger partial charge in [0.15, 0.2) is 0 Å². The first kappa shape index (κ1) is 18.4. The zero-order valence-corrected chi connectivity index (χ0v) is 15.1. The minimum Gasteiger partial charge on any atom is -0.306 e. The normalized spacial score (nSPS) is 15.9. The van der Waals surface area contributed by atoms with Crippen LogP contribution in [0.3, 0.4) is 0 Å². The van der Waals surface area contributed by atoms with Crippen molar-refractivity contribution in [2.75, 3.05) is 37.2 Å². The Kier molecular flexibility index (Phi) is 5.95. The summed E-state index contributed by atoms with van der Waals surface area (Å²) in [6, 6.07) is 6.99. The third kappa shape index (κ3) is 5.31. The number of nitrogens with one attached hydrogen (secondary N) is 1. The van der Waals surface area contributed by atoms with Crippen LogP contribution >= 0.6 is 0 Å². The Hall–Kier alpha value is -1.93. The van der Waals surface area contributed by atoms with Crippen molar-refractivity contribution in [3.63, 3.8) is 0 Å². The van der Waals surface area contributed by atoms with E-state index in [0.717, 1.165) is 47.8 Å². The zero-order chi connectivity index (χ0) is 17.7. The number of hydrazone groups is 1. The van der Waals surface area contributed by atoms with Gasteiger partial charge < -0.3 is 4.90 Å². The topological polar surface area (TPSA) is 82.1 Å². The van der Waals surface area contributed by atoms with E-state index in [1.165, 1.54) is 0 Å². The fourth-order valence-corrected chi connectivity index (χ4v) is 3.26. The summed E-state index contributed by atoms with van der Waals surface area (Å²) in [5, 5.41) is 4.13. The predicted molar refractivity (Wildman–Crippen MR) is 95.7 cm³/mol. The van der Waals surface area contributed by atoms with Gasteiger partial charge >= 0.3 is 0 Å². The molecule has 0 bridgehead atoms. The molecular formula is C16H24N4O3S. The first-order valence-corrected chi connectivity index (χ1v) is 9.68. The lowest BCUT2D eigenvalue weighted by atomic mass is 10.1. The Morgan fingerprint density at radius 3 is 2.38 bits per heavy atom. The van der Waals surface area contributed by atoms with Crippen molar-refractivity contribution < 1.29 is 13.2 Å². The molecule has 1 saturated heterocycles. The molecule has 1 aromatic rings. The van der Waals surface area contributed by atoms with E-state index >= 15 is 0 Å². The van der Waals surface area contributed by atoms with Crippen LogP contribution in [-0.2, 0) is 14.8 Å². The molecule has 132 valence electrons. The summed E-state index contributed by atoms with van der Waals surface area (Å²) < 4.78 is 25.1. The largest absolute Gasteiger partial charge is 0.306 e. The number of aryl methyl sites for hydroxylation is 1. The molecule has 0 aromatic heterocycles. The molecule has 0 aliphatic carbocycles. The van der Waals surface area contributed by atoms with Gasteiger partial charge in [-0.1, -0.05) is 17.7 Å². The van der Waals surface area contributed by atoms with E-state index in [9.17, 15) is 13.2 Å². The SMILES string of the molecule is Cc1ccc(N(CC(=O)NN=C2CCN(C)CC2)S(C)(=O)=O)cc1. The first-order chi connectivity index (χ1) is 11.3. The molecule has 0 saturated carbocycles. The van der Waals surface area contributed by atoms with Crippen LogP contribution in [0.15, 0.2) is 29.4 Å². The van der Waals surface area contributed by atoms with Crippen molar-refractivity contribution in [1.29, 1.82) is 0 Å². The van der Waals surface area contributed by atoms with Crippen molar-refractivity contribution in [2.24, 2.45) is 5.10 Å². The molecule has 2 rings (SSSR count). The molecule has 24 heavy (non-hydrogen) atoms. The monoisotopic (exact) mass is 352 g/mol. The summed E-state index contributed by atoms with van der Waals surface area (Å²) in [5.41, 5.74) is 4.89. The molecule has 0 atom stereocenters. The molecular weight excluding hydrogens is 328 g/mol. The van der Waals surface area contributed by atoms with Crippen molar-refractivity contribution in [1.82, 2.24) is 10.3 Å². The highest BCUT2D eigenvalue weighted by Crippen LogP contribution is 2.17. The number of anilines is 1. The highest BCUT2D eigenvalue weighted by molar-refractivity contribution is 7.92. The van der Waals surface area contributed by atoms with Gasteiger partial charge in [0.05, 0.1) is 11.9 Å². The number of hydrogen-bond acceptors (Lipinski definition) is 5. The molecule has 7 nitrogen and oxygen atoms in total. The van der Waals surface area contributed by atoms with E-state index in [4.69, 9.17) is 0 Å². The molecule has 1 fully saturated rings. The van der Waals surface area contributed by atoms with E-state index < -0.39 is 15.9 Å². The average molecular weight is 352 g/mol. The molecule has 8 heteroatoms. The Morgan fingerprint density at radius 1 is 1.25 bits per heavy atom. The molecule has 1 amide bonds. The molecule has 1 heterocycles. The van der Waals surface area contributed by atoms with E-state index in [-0.39, 0.29) is 6.54 Å². The van der Waals surface area contributed by atoms with Crippen LogP contribution in [0.5, 0.6) is 0 Å². The summed E-state index contributed by atoms with van der Waals surface area (Å²) >= 11 is 0. The highest BCUT2D eigenvalue weighted by atomic mass is 32.2. The summed E-state index contributed by atoms with van der Waals surface area (Å²) in [5.74, 6) is -0.451. The minimum absolute atomic E-state index is 0.293. The van der Waals surface area contributed by atoms with Gasteiger partial charge in [-0.05, 0) is 26.1 Å². The number of sulfonamides is 1. The number of carbonyl (C=O) groups is 1. The predicted octanol–water partition coefficient (Wildman–Crippen LogP) is 0.959. The average Bonchev–Trinajstić information content (AvgIpc) is 2.52. The fraction of sp³-hybridized carbons (Fsp3) is 0.500. The Balaban J connectivity index is 2.03. The number of hydrogen-bond donors (Lipinski definition) is 1. The quantitative estimate of drug-likeness (QED) is 0.800. The summed E-state index contributed by atoms with van der Waals surface area (Å²) in [6.45, 7) is 3.44. The zero-order valence-electron chi connectivity index (χ0n) is 14.3. The van der Waals surface area contributed by atoms with Crippen LogP contribution in [0.1, 0.15) is 18.4 Å². The van der Waals surface area contributed by atoms with Gasteiger partial charge in [-0.2, -0.15) is 5.10 Å². The van der Waals surface area contributed by atoms with E-state index in [0.29, 0.717) is 5.69 Å². The van der Waals surface area contributed by atoms with Gasteiger partial charge in [0.1, 0.15) is 6.54 Å². The Bertz CT molecular complexity index is 703. The number of nitrogens with zero attached hydrogens (tertiary/aromatic N) is 3. The minimum atomic E-state index is -3.56. The molecule has 0 radical (unpaired) electrons. The number of rotatable bonds is 5. The number of benzene rings is 1. The molecule has 1 aromatic carbocycles. The van der Waals surface area contributed by atoms with Crippen LogP contribution in [0.25, 0.3) is 0 Å². The first-order valence-electron chi connectivity index (χ1n) is 7.83. The van der Waals surface area contributed by atoms with Crippen LogP contribution < -0.4 is 9.73 Å². The van der Waals surface area contributed by atoms with Gasteiger partial charge in [-0.3, -0.25) is 9.10 Å². The molecule has 1 N–H and O–H groups in total. The summed E-state index contributed by atoms with van der Waals surface area (Å²) in [6.07, 6.45) is 2.71. The van der Waals surface area contributed by atoms with E-state index in [1.807, 2.05) is 26.1 Å². The molecule has 1 aliphatic rings. The van der Waals surface area contributed by atoms with Crippen molar-refractivity contribution in [3.8, 4) is 0 Å². The second kappa shape index (κ2) is 7.76. The highest BCUT2D eigenvalue weighted by Gasteiger charge is 2.21. The van der Waals surface area contributed by atoms with Gasteiger partial charge in [0, 0.05) is 31.6 Å². The second-order valence-corrected chi connectivity index (χ2v) is 8.03. The lowest BCUT2D eigenvalue weighted by Crippen LogP contribution is -2.39. The van der Waals surface area contributed by atoms with Crippen LogP contribution in [0.2, 0.25) is 0 Å². The lowest BCUT2D eigenvalue weighted by Gasteiger charge is -2.23. The maximum absolute atomic E-state index is 12.1. The van der Waals surface area contributed by atoms with Gasteiger partial charge in [-0.15, -0.1) is 0 Å². The van der Waals surface area contributed by atoms with Crippen LogP contribution in [0, 0.1) is 6.92 Å². The molecule has 0 unspecified atom stereocenters. The number of piperidine rings is 1. The lowest BCUT2D eigenvalue weighted by molar-refractivity contribution is -0.119. The standard InChI is InChI=1S/C16H24N4O3S/c1-13-4-6-15(7-5-13)20(24(3,22)23)12-16(21)18-17-14-8-10-19(2)11-9-14/h4-7H,8-12H2,1-3H3,(H,18,21). The van der Waals surface area contributed by atoms with E-state index in [1.54, 1.807) is 12.1 Å². The number of carbonyl (C=O) groups excluding carboxylic acids is 1. The van der Waals surface area contributed by atoms with Gasteiger partial charge in [0.25, 0.3) is 5.91 Å². The van der Waals surface area contributed by atoms with Crippen molar-refractivity contribution >= 4 is 27.3 Å². The van der Waals surface area contributed by atoms with Crippen LogP contribution in [-0.4, -0.2) is 57.9 Å². The van der Waals surface area contributed by atoms with Crippen LogP contribution in [0.4, 0.5) is 5.69 Å². The Labute approximate surface area is 143 Å². The second-order valence-electron chi connectivity index (χ2n) is 6.12. The maximum Gasteiger partial charge on any atom is 0.260 e. The van der Waals surface area contributed by atoms with Crippen molar-refractivity contribution in [3.05, 3.63) is 29.8 Å². The molecule has 0 spiro atoms. The molecule has 1 aliphatic heterocycles.